The summed E-state index contributed by atoms with van der Waals surface area (Å²) in [6.07, 6.45) is 8.04. The minimum Gasteiger partial charge on any atom is -0.497 e. The summed E-state index contributed by atoms with van der Waals surface area (Å²) in [6, 6.07) is 16.8. The molecule has 3 nitrogen and oxygen atoms in total. The van der Waals surface area contributed by atoms with Crippen LogP contribution in [0.5, 0.6) is 5.75 Å². The molecule has 0 radical (unpaired) electrons. The highest BCUT2D eigenvalue weighted by molar-refractivity contribution is 5.99. The largest absolute Gasteiger partial charge is 0.497 e. The molecule has 2 aromatic carbocycles. The van der Waals surface area contributed by atoms with E-state index in [1.54, 1.807) is 7.11 Å². The highest BCUT2D eigenvalue weighted by Crippen LogP contribution is 2.57. The van der Waals surface area contributed by atoms with Crippen molar-refractivity contribution in [2.24, 2.45) is 22.7 Å². The van der Waals surface area contributed by atoms with E-state index in [1.807, 2.05) is 12.1 Å². The lowest BCUT2D eigenvalue weighted by Crippen LogP contribution is -2.49. The maximum Gasteiger partial charge on any atom is 0.218 e. The fourth-order valence-electron chi connectivity index (χ4n) is 6.69. The van der Waals surface area contributed by atoms with Crippen molar-refractivity contribution in [3.63, 3.8) is 0 Å². The van der Waals surface area contributed by atoms with E-state index < -0.39 is 0 Å². The van der Waals surface area contributed by atoms with Crippen molar-refractivity contribution in [3.8, 4) is 5.75 Å². The molecule has 3 heteroatoms. The Bertz CT molecular complexity index is 895. The van der Waals surface area contributed by atoms with E-state index in [2.05, 4.69) is 36.4 Å². The SMILES string of the molecule is COc1ccc(C2OC(=NC34CC5CC(CC(C5)C3)C4)c3ccccc32)cc1. The summed E-state index contributed by atoms with van der Waals surface area (Å²) >= 11 is 0. The van der Waals surface area contributed by atoms with Crippen molar-refractivity contribution in [2.45, 2.75) is 50.2 Å². The highest BCUT2D eigenvalue weighted by Gasteiger charge is 2.51. The minimum atomic E-state index is -0.0743. The standard InChI is InChI=1S/C25H27NO2/c1-27-20-8-6-19(7-9-20)23-21-4-2-3-5-22(21)24(28-23)26-25-13-16-10-17(14-25)12-18(11-16)15-25/h2-9,16-18,23H,10-15H2,1H3. The zero-order valence-electron chi connectivity index (χ0n) is 16.4. The van der Waals surface area contributed by atoms with Gasteiger partial charge in [-0.25, -0.2) is 4.99 Å². The lowest BCUT2D eigenvalue weighted by molar-refractivity contribution is 0.000467. The molecule has 5 aliphatic rings. The van der Waals surface area contributed by atoms with Crippen LogP contribution in [0.1, 0.15) is 61.3 Å². The molecule has 1 aliphatic heterocycles. The number of hydrogen-bond acceptors (Lipinski definition) is 3. The van der Waals surface area contributed by atoms with Gasteiger partial charge in [0, 0.05) is 11.1 Å². The lowest BCUT2D eigenvalue weighted by Gasteiger charge is -2.54. The van der Waals surface area contributed by atoms with E-state index in [0.29, 0.717) is 0 Å². The third-order valence-corrected chi connectivity index (χ3v) is 7.47. The Hall–Kier alpha value is -2.29. The maximum atomic E-state index is 6.54. The molecule has 4 bridgehead atoms. The monoisotopic (exact) mass is 373 g/mol. The van der Waals surface area contributed by atoms with Crippen LogP contribution in [-0.4, -0.2) is 18.5 Å². The molecule has 2 aromatic rings. The Morgan fingerprint density at radius 3 is 2.18 bits per heavy atom. The number of benzene rings is 2. The van der Waals surface area contributed by atoms with E-state index in [4.69, 9.17) is 14.5 Å². The summed E-state index contributed by atoms with van der Waals surface area (Å²) in [6.45, 7) is 0. The van der Waals surface area contributed by atoms with Gasteiger partial charge >= 0.3 is 0 Å². The van der Waals surface area contributed by atoms with Gasteiger partial charge in [-0.3, -0.25) is 0 Å². The van der Waals surface area contributed by atoms with Gasteiger partial charge in [-0.15, -0.1) is 0 Å². The predicted molar refractivity (Wildman–Crippen MR) is 110 cm³/mol. The van der Waals surface area contributed by atoms with Gasteiger partial charge in [-0.2, -0.15) is 0 Å². The number of rotatable bonds is 3. The molecule has 1 unspecified atom stereocenters. The average molecular weight is 373 g/mol. The first-order valence-corrected chi connectivity index (χ1v) is 10.7. The third kappa shape index (κ3) is 2.59. The van der Waals surface area contributed by atoms with Gasteiger partial charge in [-0.1, -0.05) is 30.3 Å². The molecule has 0 saturated heterocycles. The topological polar surface area (TPSA) is 30.8 Å². The molecular formula is C25H27NO2. The summed E-state index contributed by atoms with van der Waals surface area (Å²) in [5.74, 6) is 4.43. The smallest absolute Gasteiger partial charge is 0.218 e. The molecule has 28 heavy (non-hydrogen) atoms. The second kappa shape index (κ2) is 6.10. The number of hydrogen-bond donors (Lipinski definition) is 0. The third-order valence-electron chi connectivity index (χ3n) is 7.47. The lowest BCUT2D eigenvalue weighted by atomic mass is 9.53. The quantitative estimate of drug-likeness (QED) is 0.708. The van der Waals surface area contributed by atoms with Crippen molar-refractivity contribution in [1.82, 2.24) is 0 Å². The Kier molecular flexibility index (Phi) is 3.63. The van der Waals surface area contributed by atoms with Gasteiger partial charge in [0.05, 0.1) is 12.6 Å². The molecule has 4 aliphatic carbocycles. The van der Waals surface area contributed by atoms with Gasteiger partial charge < -0.3 is 9.47 Å². The maximum absolute atomic E-state index is 6.54. The van der Waals surface area contributed by atoms with Crippen molar-refractivity contribution < 1.29 is 9.47 Å². The average Bonchev–Trinajstić information content (AvgIpc) is 3.05. The van der Waals surface area contributed by atoms with Crippen molar-refractivity contribution in [1.29, 1.82) is 0 Å². The first-order chi connectivity index (χ1) is 13.7. The van der Waals surface area contributed by atoms with E-state index in [0.717, 1.165) is 35.0 Å². The minimum absolute atomic E-state index is 0.0743. The van der Waals surface area contributed by atoms with E-state index in [9.17, 15) is 0 Å². The molecular weight excluding hydrogens is 346 g/mol. The van der Waals surface area contributed by atoms with Crippen LogP contribution in [0.25, 0.3) is 0 Å². The van der Waals surface area contributed by atoms with Crippen LogP contribution >= 0.6 is 0 Å². The van der Waals surface area contributed by atoms with Crippen LogP contribution < -0.4 is 4.74 Å². The Labute approximate surface area is 166 Å². The van der Waals surface area contributed by atoms with Gasteiger partial charge in [0.1, 0.15) is 5.75 Å². The fourth-order valence-corrected chi connectivity index (χ4v) is 6.69. The number of aliphatic imine (C=N–C) groups is 1. The molecule has 0 spiro atoms. The molecule has 4 saturated carbocycles. The summed E-state index contributed by atoms with van der Waals surface area (Å²) in [5.41, 5.74) is 3.70. The Balaban J connectivity index is 1.37. The molecule has 0 N–H and O–H groups in total. The molecule has 144 valence electrons. The molecule has 0 aromatic heterocycles. The van der Waals surface area contributed by atoms with Gasteiger partial charge in [0.15, 0.2) is 6.10 Å². The van der Waals surface area contributed by atoms with Gasteiger partial charge in [0.2, 0.25) is 5.90 Å². The van der Waals surface area contributed by atoms with Crippen LogP contribution in [0.15, 0.2) is 53.5 Å². The first-order valence-electron chi connectivity index (χ1n) is 10.7. The zero-order chi connectivity index (χ0) is 18.7. The van der Waals surface area contributed by atoms with E-state index in [-0.39, 0.29) is 11.6 Å². The molecule has 0 amide bonds. The van der Waals surface area contributed by atoms with Crippen molar-refractivity contribution >= 4 is 5.90 Å². The van der Waals surface area contributed by atoms with Crippen molar-refractivity contribution in [3.05, 3.63) is 65.2 Å². The molecule has 7 rings (SSSR count). The summed E-state index contributed by atoms with van der Waals surface area (Å²) < 4.78 is 11.9. The Morgan fingerprint density at radius 2 is 1.54 bits per heavy atom. The zero-order valence-corrected chi connectivity index (χ0v) is 16.4. The van der Waals surface area contributed by atoms with Crippen LogP contribution in [0.4, 0.5) is 0 Å². The second-order valence-electron chi connectivity index (χ2n) is 9.42. The summed E-state index contributed by atoms with van der Waals surface area (Å²) in [4.78, 5) is 5.39. The number of ether oxygens (including phenoxy) is 2. The van der Waals surface area contributed by atoms with E-state index >= 15 is 0 Å². The fraction of sp³-hybridized carbons (Fsp3) is 0.480. The van der Waals surface area contributed by atoms with Gasteiger partial charge in [-0.05, 0) is 80.0 Å². The van der Waals surface area contributed by atoms with Crippen LogP contribution in [-0.2, 0) is 4.74 Å². The summed E-state index contributed by atoms with van der Waals surface area (Å²) in [7, 11) is 1.70. The molecule has 1 heterocycles. The van der Waals surface area contributed by atoms with Crippen LogP contribution in [0, 0.1) is 17.8 Å². The van der Waals surface area contributed by atoms with E-state index in [1.165, 1.54) is 49.7 Å². The Morgan fingerprint density at radius 1 is 0.893 bits per heavy atom. The molecule has 1 atom stereocenters. The van der Waals surface area contributed by atoms with Crippen LogP contribution in [0.2, 0.25) is 0 Å². The number of nitrogens with zero attached hydrogens (tertiary/aromatic N) is 1. The van der Waals surface area contributed by atoms with Crippen LogP contribution in [0.3, 0.4) is 0 Å². The summed E-state index contributed by atoms with van der Waals surface area (Å²) in [5, 5.41) is 0. The van der Waals surface area contributed by atoms with Crippen molar-refractivity contribution in [2.75, 3.05) is 7.11 Å². The second-order valence-corrected chi connectivity index (χ2v) is 9.42. The normalized spacial score (nSPS) is 36.4. The first kappa shape index (κ1) is 16.6. The highest BCUT2D eigenvalue weighted by atomic mass is 16.5. The predicted octanol–water partition coefficient (Wildman–Crippen LogP) is 5.53. The number of fused-ring (bicyclic) bond motifs is 1. The van der Waals surface area contributed by atoms with Gasteiger partial charge in [0.25, 0.3) is 0 Å². The molecule has 4 fully saturated rings. The number of methoxy groups -OCH3 is 1.